The van der Waals surface area contributed by atoms with Crippen LogP contribution in [0, 0.1) is 13.8 Å². The number of likely N-dealkylation sites (N-methyl/N-ethyl adjacent to an activating group) is 3. The van der Waals surface area contributed by atoms with Crippen LogP contribution in [0.1, 0.15) is 174 Å². The number of hydrogen-bond donors (Lipinski definition) is 5. The zero-order chi connectivity index (χ0) is 85.3. The van der Waals surface area contributed by atoms with Crippen LogP contribution < -0.4 is 63.6 Å². The first-order valence-corrected chi connectivity index (χ1v) is 43.3. The molecule has 0 spiro atoms. The van der Waals surface area contributed by atoms with Gasteiger partial charge in [0, 0.05) is 181 Å². The van der Waals surface area contributed by atoms with E-state index in [-0.39, 0.29) is 54.2 Å². The summed E-state index contributed by atoms with van der Waals surface area (Å²) in [5, 5.41) is 18.1. The second-order valence-electron chi connectivity index (χ2n) is 30.9. The number of anilines is 3. The molecule has 0 unspecified atom stereocenters. The molecule has 6 aliphatic rings. The quantitative estimate of drug-likeness (QED) is 0.0239. The number of aromatic nitrogens is 4. The zero-order valence-electron chi connectivity index (χ0n) is 71.5. The van der Waals surface area contributed by atoms with E-state index in [9.17, 15) is 32.4 Å². The van der Waals surface area contributed by atoms with Crippen LogP contribution in [0.5, 0.6) is 34.5 Å². The smallest absolute Gasteiger partial charge is 0.274 e. The molecule has 5 amide bonds. The number of nitrogens with two attached hydrogens (primary N) is 1. The Morgan fingerprint density at radius 1 is 0.475 bits per heavy atom. The molecule has 8 heterocycles. The van der Waals surface area contributed by atoms with Crippen molar-refractivity contribution in [2.45, 2.75) is 111 Å². The first kappa shape index (κ1) is 88.3. The lowest BCUT2D eigenvalue weighted by molar-refractivity contribution is 0.0681. The Labute approximate surface area is 705 Å². The molecule has 2 aromatic heterocycles. The van der Waals surface area contributed by atoms with Crippen molar-refractivity contribution in [2.24, 2.45) is 12.2 Å². The number of aryl methyl sites for hydroxylation is 3. The fourth-order valence-electron chi connectivity index (χ4n) is 17.4. The van der Waals surface area contributed by atoms with Crippen LogP contribution in [0.4, 0.5) is 17.1 Å². The molecule has 644 valence electrons. The van der Waals surface area contributed by atoms with E-state index in [1.807, 2.05) is 120 Å². The molecule has 0 saturated carbocycles. The second-order valence-corrected chi connectivity index (χ2v) is 32.3. The molecule has 0 aliphatic carbocycles. The summed E-state index contributed by atoms with van der Waals surface area (Å²) in [6.07, 6.45) is 6.93. The summed E-state index contributed by atoms with van der Waals surface area (Å²) in [5.41, 5.74) is 14.3. The van der Waals surface area contributed by atoms with Crippen LogP contribution >= 0.6 is 0 Å². The molecule has 6 N–H and O–H groups in total. The minimum absolute atomic E-state index is 0.0248. The zero-order valence-corrected chi connectivity index (χ0v) is 72.3. The van der Waals surface area contributed by atoms with E-state index in [1.165, 1.54) is 0 Å². The number of rotatable bonds is 33. The van der Waals surface area contributed by atoms with Gasteiger partial charge in [-0.25, -0.2) is 14.8 Å². The number of fused-ring (bicyclic) bond motifs is 3. The molecule has 6 aliphatic heterocycles. The third kappa shape index (κ3) is 20.4. The van der Waals surface area contributed by atoms with Crippen molar-refractivity contribution >= 4 is 56.8 Å². The van der Waals surface area contributed by atoms with Crippen molar-refractivity contribution in [3.63, 3.8) is 0 Å². The largest absolute Gasteiger partial charge is 0.493 e. The van der Waals surface area contributed by atoms with Crippen LogP contribution in [-0.4, -0.2) is 248 Å². The number of ether oxygens (including phenoxy) is 6. The minimum atomic E-state index is -3.78. The number of piperazine rings is 3. The van der Waals surface area contributed by atoms with Gasteiger partial charge in [-0.3, -0.25) is 29.1 Å². The number of H-pyrrole nitrogens is 1. The SMILES string of the molecule is CCN1CCN(c2cccc3c2CN([C@H](CCCNC(=O)c2c(C)n[nH]c2C)c2ccc(OC)c(OC)c2)C3=O)CC1.CCN1CCN(c2cccc3c2CN([C@H](CCCNC(=O)c2cncn2C)c2ccc(OC)c(OC)c2)C3=O)CC1.CCN1CCN(c2cccc3c2CN([C@H](CCCNS(N)(=O)=O)c2ccc(OC)c(OC)c2)C3=O)CC1. The van der Waals surface area contributed by atoms with E-state index in [2.05, 4.69) is 98.9 Å². The van der Waals surface area contributed by atoms with Gasteiger partial charge in [-0.05, 0) is 161 Å². The summed E-state index contributed by atoms with van der Waals surface area (Å²) in [6.45, 7) is 27.9. The van der Waals surface area contributed by atoms with Crippen LogP contribution in [0.2, 0.25) is 0 Å². The summed E-state index contributed by atoms with van der Waals surface area (Å²) < 4.78 is 59.8. The number of carbonyl (C=O) groups is 5. The molecule has 6 aromatic carbocycles. The van der Waals surface area contributed by atoms with Crippen molar-refractivity contribution in [3.8, 4) is 34.5 Å². The maximum absolute atomic E-state index is 14.0. The Morgan fingerprint density at radius 2 is 0.817 bits per heavy atom. The van der Waals surface area contributed by atoms with Crippen LogP contribution in [0.25, 0.3) is 0 Å². The minimum Gasteiger partial charge on any atom is -0.493 e. The number of hydrogen-bond acceptors (Lipinski definition) is 21. The fraction of sp³-hybridized carbons (Fsp3) is 0.472. The molecule has 30 nitrogen and oxygen atoms in total. The van der Waals surface area contributed by atoms with Crippen molar-refractivity contribution in [3.05, 3.63) is 194 Å². The van der Waals surface area contributed by atoms with Gasteiger partial charge < -0.3 is 87.7 Å². The average Bonchev–Trinajstić information content (AvgIpc) is 1.62. The number of imidazole rings is 1. The predicted octanol–water partition coefficient (Wildman–Crippen LogP) is 9.70. The fourth-order valence-corrected chi connectivity index (χ4v) is 17.8. The Balaban J connectivity index is 0.000000165. The van der Waals surface area contributed by atoms with Gasteiger partial charge in [0.05, 0.1) is 84.6 Å². The van der Waals surface area contributed by atoms with Crippen molar-refractivity contribution in [2.75, 3.05) is 175 Å². The summed E-state index contributed by atoms with van der Waals surface area (Å²) in [7, 11) is 7.64. The maximum Gasteiger partial charge on any atom is 0.274 e. The molecule has 3 atom stereocenters. The molecule has 3 saturated heterocycles. The Morgan fingerprint density at radius 3 is 1.12 bits per heavy atom. The molecule has 8 aromatic rings. The first-order chi connectivity index (χ1) is 58.0. The van der Waals surface area contributed by atoms with E-state index in [1.54, 1.807) is 66.8 Å². The van der Waals surface area contributed by atoms with Crippen LogP contribution in [-0.2, 0) is 36.9 Å². The number of benzene rings is 6. The second kappa shape index (κ2) is 40.9. The van der Waals surface area contributed by atoms with Crippen molar-refractivity contribution in [1.29, 1.82) is 0 Å². The van der Waals surface area contributed by atoms with Crippen molar-refractivity contribution in [1.82, 2.24) is 64.5 Å². The number of methoxy groups -OCH3 is 6. The summed E-state index contributed by atoms with van der Waals surface area (Å²) >= 11 is 0. The lowest BCUT2D eigenvalue weighted by Crippen LogP contribution is -2.46. The van der Waals surface area contributed by atoms with E-state index in [0.717, 1.165) is 171 Å². The molecule has 120 heavy (non-hydrogen) atoms. The molecule has 3 fully saturated rings. The third-order valence-electron chi connectivity index (χ3n) is 24.1. The highest BCUT2D eigenvalue weighted by atomic mass is 32.2. The maximum atomic E-state index is 14.0. The number of nitrogens with zero attached hydrogens (tertiary/aromatic N) is 12. The van der Waals surface area contributed by atoms with Gasteiger partial charge in [0.1, 0.15) is 5.69 Å². The highest BCUT2D eigenvalue weighted by Crippen LogP contribution is 2.45. The predicted molar refractivity (Wildman–Crippen MR) is 464 cm³/mol. The first-order valence-electron chi connectivity index (χ1n) is 41.7. The number of aromatic amines is 1. The highest BCUT2D eigenvalue weighted by Gasteiger charge is 2.41. The lowest BCUT2D eigenvalue weighted by atomic mass is 9.99. The van der Waals surface area contributed by atoms with Gasteiger partial charge in [-0.2, -0.15) is 13.5 Å². The molecular formula is C89H119N17O13S. The van der Waals surface area contributed by atoms with Crippen LogP contribution in [0.15, 0.2) is 122 Å². The third-order valence-corrected chi connectivity index (χ3v) is 24.7. The topological polar surface area (TPSA) is 313 Å². The van der Waals surface area contributed by atoms with Crippen molar-refractivity contribution < 1.29 is 60.8 Å². The van der Waals surface area contributed by atoms with Crippen LogP contribution in [0.3, 0.4) is 0 Å². The van der Waals surface area contributed by atoms with Gasteiger partial charge in [-0.15, -0.1) is 0 Å². The standard InChI is InChI=1S/C32H42N6O4.C31H40N6O4.C26H37N5O5S/c1-6-36-15-17-37(18-16-36)27-10-7-9-24-25(27)20-38(32(24)40)26(23-12-13-28(41-4)29(19-23)42-5)11-8-14-33-31(39)30-21(2)34-35-22(30)3;1-5-35-14-16-36(17-15-35)26-9-6-8-23-24(26)20-37(31(23)39)25(22-11-12-28(40-3)29(18-22)41-4)10-7-13-33-30(38)27-19-32-21-34(27)2;1-4-29-13-15-30(16-14-29)23-8-5-7-20-21(23)18-31(26(20)32)22(9-6-12-28-37(27,33)34)19-10-11-24(35-2)25(17-19)36-3/h7,9-10,12-13,19,26H,6,8,11,14-18,20H2,1-5H3,(H,33,39)(H,34,35);6,8-9,11-12,18-19,21,25H,5,7,10,13-17,20H2,1-4H3,(H,33,38);5,7-8,10-11,17,22,28H,4,6,9,12-16,18H2,1-3H3,(H2,27,33,34)/t26-;25-;22-/m111/s1. The van der Waals surface area contributed by atoms with Gasteiger partial charge in [0.25, 0.3) is 39.7 Å². The summed E-state index contributed by atoms with van der Waals surface area (Å²) in [4.78, 5) is 91.5. The highest BCUT2D eigenvalue weighted by molar-refractivity contribution is 7.87. The Kier molecular flexibility index (Phi) is 30.1. The lowest BCUT2D eigenvalue weighted by Gasteiger charge is -2.36. The van der Waals surface area contributed by atoms with Gasteiger partial charge >= 0.3 is 0 Å². The molecule has 0 radical (unpaired) electrons. The van der Waals surface area contributed by atoms with Gasteiger partial charge in [-0.1, -0.05) is 57.2 Å². The van der Waals surface area contributed by atoms with Gasteiger partial charge in [0.15, 0.2) is 34.5 Å². The van der Waals surface area contributed by atoms with E-state index >= 15 is 0 Å². The van der Waals surface area contributed by atoms with Gasteiger partial charge in [0.2, 0.25) is 0 Å². The normalized spacial score (nSPS) is 16.4. The summed E-state index contributed by atoms with van der Waals surface area (Å²) in [5.74, 6) is 3.45. The number of nitrogens with one attached hydrogen (secondary N) is 4. The number of amides is 5. The monoisotopic (exact) mass is 1670 g/mol. The van der Waals surface area contributed by atoms with E-state index in [0.29, 0.717) is 123 Å². The molecule has 0 bridgehead atoms. The Bertz CT molecular complexity index is 4980. The molecule has 14 rings (SSSR count). The number of carbonyl (C=O) groups excluding carboxylic acids is 5. The molecular weight excluding hydrogens is 1550 g/mol. The van der Waals surface area contributed by atoms with E-state index in [4.69, 9.17) is 33.6 Å². The van der Waals surface area contributed by atoms with E-state index < -0.39 is 10.2 Å². The summed E-state index contributed by atoms with van der Waals surface area (Å²) in [6, 6.07) is 34.8. The average molecular weight is 1670 g/mol. The molecule has 31 heteroatoms. The Hall–Kier alpha value is -11.0.